The predicted octanol–water partition coefficient (Wildman–Crippen LogP) is 28.6. The molecule has 0 spiro atoms. The number of ether oxygens (including phenoxy) is 10. The fourth-order valence-electron chi connectivity index (χ4n) is 11.6. The molecule has 5 heterocycles. The molecule has 0 fully saturated rings. The van der Waals surface area contributed by atoms with Gasteiger partial charge in [-0.15, -0.1) is 0 Å². The zero-order valence-electron chi connectivity index (χ0n) is 71.8. The summed E-state index contributed by atoms with van der Waals surface area (Å²) in [6.45, 7) is 24.3. The van der Waals surface area contributed by atoms with Crippen molar-refractivity contribution in [2.45, 2.75) is 156 Å². The number of nitrogens with zero attached hydrogens (tertiary/aromatic N) is 10. The van der Waals surface area contributed by atoms with E-state index in [1.54, 1.807) is 106 Å². The maximum absolute atomic E-state index is 14.7. The molecule has 0 saturated heterocycles. The van der Waals surface area contributed by atoms with Gasteiger partial charge in [0.2, 0.25) is 10.8 Å². The van der Waals surface area contributed by atoms with E-state index in [1.807, 2.05) is 0 Å². The number of hydrogen-bond donors (Lipinski definition) is 4. The lowest BCUT2D eigenvalue weighted by Crippen LogP contribution is -2.20. The van der Waals surface area contributed by atoms with Gasteiger partial charge in [0.1, 0.15) is 74.0 Å². The smallest absolute Gasteiger partial charge is 0.326 e. The minimum atomic E-state index is -10.4. The van der Waals surface area contributed by atoms with Crippen LogP contribution in [0.3, 0.4) is 0 Å². The van der Waals surface area contributed by atoms with Crippen LogP contribution in [0.15, 0.2) is 35.1 Å². The molecule has 734 valence electrons. The Morgan fingerprint density at radius 3 is 0.829 bits per heavy atom. The first-order chi connectivity index (χ1) is 56.7. The Labute approximate surface area is 744 Å². The summed E-state index contributed by atoms with van der Waals surface area (Å²) in [5, 5.41) is -8.62. The standard InChI is InChI=1S/C14H17BrF5N3O2S.C14H17ClF5N3O2S.C14H17F6N3O2S.C14H16F6N2O2S.C14H17F5IN3O2S/c3*1-14(2,3)13-22-8-6(12(21)23-13)11(26(16,17,18,19)20)10(25-5)9(24-4)7(8)15;1-14(2,3)13-21-10-7(12(22-13)25(16,17,18,19)20)6-8(23-4)11(24-5)9(10)15;1-14(2,3)13-22-8-6(12(21)23-13)11(26(15,16,17,18)19)10(25-5)9(24-4)7(8)20/h3*1-5H3,(H2,21,22,23);6H,1-5H3;1-5H3,(H2,21,22,23). The highest BCUT2D eigenvalue weighted by atomic mass is 127. The van der Waals surface area contributed by atoms with E-state index in [4.69, 9.17) is 58.2 Å². The van der Waals surface area contributed by atoms with E-state index in [0.717, 1.165) is 64.0 Å². The lowest BCUT2D eigenvalue weighted by Gasteiger charge is -2.42. The molecular formula is C70H84BrClF27IN14O10S5. The Balaban J connectivity index is 0.000000249. The number of hydrogen-bond acceptors (Lipinski definition) is 24. The van der Waals surface area contributed by atoms with Gasteiger partial charge in [-0.25, -0.2) is 58.6 Å². The number of methoxy groups -OCH3 is 10. The Morgan fingerprint density at radius 2 is 0.535 bits per heavy atom. The fourth-order valence-corrected chi connectivity index (χ4v) is 18.6. The quantitative estimate of drug-likeness (QED) is 0.0421. The Morgan fingerprint density at radius 1 is 0.295 bits per heavy atom. The van der Waals surface area contributed by atoms with Gasteiger partial charge in [0.15, 0.2) is 83.0 Å². The third kappa shape index (κ3) is 23.0. The summed E-state index contributed by atoms with van der Waals surface area (Å²) in [6, 6.07) is 0.594. The van der Waals surface area contributed by atoms with Crippen LogP contribution in [0.2, 0.25) is 5.02 Å². The van der Waals surface area contributed by atoms with Gasteiger partial charge in [-0.2, -0.15) is 0 Å². The Hall–Kier alpha value is -8.64. The van der Waals surface area contributed by atoms with Gasteiger partial charge in [-0.1, -0.05) is 213 Å². The number of nitrogens with two attached hydrogens (primary N) is 4. The number of benzene rings is 5. The van der Waals surface area contributed by atoms with Crippen molar-refractivity contribution in [3.63, 3.8) is 0 Å². The molecule has 0 unspecified atom stereocenters. The third-order valence-corrected chi connectivity index (χ3v) is 24.8. The summed E-state index contributed by atoms with van der Waals surface area (Å²) in [4.78, 5) is 28.2. The van der Waals surface area contributed by atoms with Gasteiger partial charge in [0, 0.05) is 32.5 Å². The number of halogens is 30. The van der Waals surface area contributed by atoms with Gasteiger partial charge in [-0.05, 0) is 44.6 Å². The second-order valence-corrected chi connectivity index (χ2v) is 46.7. The van der Waals surface area contributed by atoms with E-state index < -0.39 is 255 Å². The Kier molecular flexibility index (Phi) is 25.8. The molecule has 5 aromatic carbocycles. The lowest BCUT2D eigenvalue weighted by atomic mass is 9.95. The van der Waals surface area contributed by atoms with Crippen LogP contribution < -0.4 is 70.3 Å². The molecule has 0 bridgehead atoms. The summed E-state index contributed by atoms with van der Waals surface area (Å²) in [6.07, 6.45) is 0. The molecule has 129 heavy (non-hydrogen) atoms. The summed E-state index contributed by atoms with van der Waals surface area (Å²) in [5.74, 6) is -15.5. The van der Waals surface area contributed by atoms with Crippen molar-refractivity contribution in [1.29, 1.82) is 0 Å². The van der Waals surface area contributed by atoms with Crippen LogP contribution in [-0.4, -0.2) is 121 Å². The van der Waals surface area contributed by atoms with Gasteiger partial charge in [-0.3, -0.25) is 0 Å². The highest BCUT2D eigenvalue weighted by Gasteiger charge is 2.73. The summed E-state index contributed by atoms with van der Waals surface area (Å²) < 4.78 is 420. The van der Waals surface area contributed by atoms with Crippen LogP contribution in [0, 0.1) is 15.2 Å². The molecule has 0 saturated carbocycles. The first-order valence-corrected chi connectivity index (χ1v) is 47.2. The Bertz CT molecular complexity index is 5670. The average Bonchev–Trinajstić information content (AvgIpc) is 0.736. The van der Waals surface area contributed by atoms with Crippen LogP contribution in [0.5, 0.6) is 57.5 Å². The van der Waals surface area contributed by atoms with Crippen LogP contribution in [0.1, 0.15) is 133 Å². The van der Waals surface area contributed by atoms with E-state index in [0.29, 0.717) is 13.2 Å². The largest absolute Gasteiger partial charge is 0.493 e. The molecule has 10 rings (SSSR count). The van der Waals surface area contributed by atoms with Crippen molar-refractivity contribution in [1.82, 2.24) is 49.8 Å². The maximum Gasteiger partial charge on any atom is 0.326 e. The number of rotatable bonds is 15. The second-order valence-electron chi connectivity index (χ2n) is 32.7. The van der Waals surface area contributed by atoms with Crippen LogP contribution in [-0.2, 0) is 27.1 Å². The van der Waals surface area contributed by atoms with Crippen molar-refractivity contribution < 1.29 is 153 Å². The van der Waals surface area contributed by atoms with Crippen molar-refractivity contribution in [2.24, 2.45) is 0 Å². The lowest BCUT2D eigenvalue weighted by molar-refractivity contribution is 0.316. The third-order valence-electron chi connectivity index (χ3n) is 17.1. The SMILES string of the molecule is COc1c(OC)c(S(F)(F)(F)(F)F)c2c(N)nc(C(C)(C)C)nc2c1Br.COc1c(OC)c(S(F)(F)(F)(F)F)c2c(N)nc(C(C)(C)C)nc2c1Cl.COc1c(OC)c(S(F)(F)(F)(F)F)c2c(N)nc(C(C)(C)C)nc2c1F.COc1c(OC)c(S(F)(F)(F)(F)F)c2c(N)nc(C(C)(C)C)nc2c1I.COc1cc2c(S(F)(F)(F)(F)F)nc(C(C)(C)C)nc2c(F)c1OC. The molecule has 10 aromatic rings. The van der Waals surface area contributed by atoms with Crippen molar-refractivity contribution >= 4 is 179 Å². The molecule has 0 aliphatic carbocycles. The van der Waals surface area contributed by atoms with Gasteiger partial charge in [0.05, 0.1) is 112 Å². The van der Waals surface area contributed by atoms with E-state index in [2.05, 4.69) is 89.5 Å². The number of anilines is 4. The van der Waals surface area contributed by atoms with Crippen LogP contribution >= 0.6 is 101 Å². The fraction of sp³-hybridized carbons (Fsp3) is 0.429. The average molecular weight is 2200 g/mol. The zero-order chi connectivity index (χ0) is 101. The van der Waals surface area contributed by atoms with Crippen molar-refractivity contribution in [3.8, 4) is 57.5 Å². The molecule has 0 aliphatic rings. The van der Waals surface area contributed by atoms with E-state index >= 15 is 0 Å². The van der Waals surface area contributed by atoms with E-state index in [1.165, 1.54) is 20.8 Å². The molecule has 8 N–H and O–H groups in total. The minimum Gasteiger partial charge on any atom is -0.493 e. The molecular weight excluding hydrogens is 2110 g/mol. The summed E-state index contributed by atoms with van der Waals surface area (Å²) >= 11 is 10.8. The molecule has 5 aromatic heterocycles. The zero-order valence-corrected chi connectivity index (χ0v) is 80.4. The van der Waals surface area contributed by atoms with Crippen molar-refractivity contribution in [3.05, 3.63) is 59.9 Å². The van der Waals surface area contributed by atoms with Gasteiger partial charge >= 0.3 is 51.1 Å². The van der Waals surface area contributed by atoms with Crippen LogP contribution in [0.25, 0.3) is 54.5 Å². The molecule has 0 radical (unpaired) electrons. The second kappa shape index (κ2) is 30.4. The molecule has 0 amide bonds. The predicted molar refractivity (Wildman–Crippen MR) is 457 cm³/mol. The number of nitrogen functional groups attached to an aromatic ring is 4. The molecule has 0 aliphatic heterocycles. The molecule has 24 nitrogen and oxygen atoms in total. The first kappa shape index (κ1) is 109. The van der Waals surface area contributed by atoms with E-state index in [9.17, 15) is 106 Å². The number of aromatic nitrogens is 10. The van der Waals surface area contributed by atoms with Crippen LogP contribution in [0.4, 0.5) is 129 Å². The molecule has 59 heteroatoms. The molecule has 0 atom stereocenters. The number of fused-ring (bicyclic) bond motifs is 5. The van der Waals surface area contributed by atoms with Crippen molar-refractivity contribution in [2.75, 3.05) is 94.0 Å². The van der Waals surface area contributed by atoms with Gasteiger partial charge in [0.25, 0.3) is 0 Å². The van der Waals surface area contributed by atoms with E-state index in [-0.39, 0.29) is 36.9 Å². The van der Waals surface area contributed by atoms with Gasteiger partial charge < -0.3 is 70.3 Å². The summed E-state index contributed by atoms with van der Waals surface area (Å²) in [7, 11) is -42.3. The summed E-state index contributed by atoms with van der Waals surface area (Å²) in [5.41, 5.74) is 15.1. The first-order valence-electron chi connectivity index (χ1n) is 35.2. The highest BCUT2D eigenvalue weighted by molar-refractivity contribution is 14.1. The maximum atomic E-state index is 14.7. The minimum absolute atomic E-state index is 0.0322. The normalized spacial score (nSPS) is 15.5. The highest BCUT2D eigenvalue weighted by Crippen LogP contribution is 3.07. The topological polar surface area (TPSA) is 325 Å². The monoisotopic (exact) mass is 2190 g/mol.